The zero-order chi connectivity index (χ0) is 8.57. The van der Waals surface area contributed by atoms with Crippen molar-refractivity contribution in [1.82, 2.24) is 0 Å². The lowest BCUT2D eigenvalue weighted by molar-refractivity contribution is -1.03. The Morgan fingerprint density at radius 3 is 1.60 bits per heavy atom. The molecule has 0 aliphatic heterocycles. The number of aliphatic hydroxyl groups excluding tert-OH is 1. The minimum absolute atomic E-state index is 0.250. The highest BCUT2D eigenvalue weighted by Crippen LogP contribution is 1.70. The van der Waals surface area contributed by atoms with Crippen LogP contribution in [0.4, 0.5) is 0 Å². The third-order valence-corrected chi connectivity index (χ3v) is 0.133. The minimum Gasteiger partial charge on any atom is -0.397 e. The Balaban J connectivity index is 0. The second-order valence-corrected chi connectivity index (χ2v) is 0.845. The van der Waals surface area contributed by atoms with E-state index in [1.807, 2.05) is 0 Å². The number of rotatable bonds is 2. The summed E-state index contributed by atoms with van der Waals surface area (Å²) in [4.78, 5) is 20.6. The van der Waals surface area contributed by atoms with E-state index in [1.54, 1.807) is 6.92 Å². The van der Waals surface area contributed by atoms with E-state index in [9.17, 15) is 0 Å². The standard InChI is InChI=1S/C2H6O.N2O5/c1-2-3;3-1(4)7-2(5)6/h3H,2H2,1H3;. The van der Waals surface area contributed by atoms with Crippen LogP contribution in [0.2, 0.25) is 0 Å². The maximum Gasteiger partial charge on any atom is 0.356 e. The molecule has 0 aliphatic carbocycles. The summed E-state index contributed by atoms with van der Waals surface area (Å²) in [5.41, 5.74) is 0. The van der Waals surface area contributed by atoms with Gasteiger partial charge in [0, 0.05) is 11.5 Å². The largest absolute Gasteiger partial charge is 0.397 e. The van der Waals surface area contributed by atoms with Crippen LogP contribution in [0.1, 0.15) is 6.92 Å². The molecule has 0 atom stereocenters. The molecule has 0 unspecified atom stereocenters. The molecule has 8 heteroatoms. The van der Waals surface area contributed by atoms with Crippen molar-refractivity contribution in [3.8, 4) is 0 Å². The van der Waals surface area contributed by atoms with Crippen molar-refractivity contribution in [3.63, 3.8) is 0 Å². The summed E-state index contributed by atoms with van der Waals surface area (Å²) in [6.45, 7) is 1.93. The van der Waals surface area contributed by atoms with Crippen LogP contribution < -0.4 is 0 Å². The van der Waals surface area contributed by atoms with Gasteiger partial charge in [0.15, 0.2) is 0 Å². The Labute approximate surface area is 55.2 Å². The number of hydrogen-bond acceptors (Lipinski definition) is 6. The molecule has 0 saturated carbocycles. The molecule has 0 saturated heterocycles. The smallest absolute Gasteiger partial charge is 0.356 e. The average Bonchev–Trinajstić information content (AvgIpc) is 1.62. The van der Waals surface area contributed by atoms with E-state index in [1.165, 1.54) is 0 Å². The van der Waals surface area contributed by atoms with Crippen LogP contribution in [0, 0.1) is 20.2 Å². The molecular formula is C2H6N2O6. The van der Waals surface area contributed by atoms with Crippen molar-refractivity contribution in [3.05, 3.63) is 20.2 Å². The van der Waals surface area contributed by atoms with Gasteiger partial charge in [0.2, 0.25) is 0 Å². The van der Waals surface area contributed by atoms with Gasteiger partial charge in [0.05, 0.1) is 0 Å². The third-order valence-electron chi connectivity index (χ3n) is 0.133. The van der Waals surface area contributed by atoms with E-state index in [-0.39, 0.29) is 6.61 Å². The molecule has 0 rings (SSSR count). The van der Waals surface area contributed by atoms with E-state index in [2.05, 4.69) is 4.94 Å². The van der Waals surface area contributed by atoms with E-state index >= 15 is 0 Å². The van der Waals surface area contributed by atoms with Crippen LogP contribution in [0.3, 0.4) is 0 Å². The SMILES string of the molecule is CCO.O=[N+]([O-])O[N+](=O)[O-]. The summed E-state index contributed by atoms with van der Waals surface area (Å²) in [5, 5.41) is 22.5. The quantitative estimate of drug-likeness (QED) is 0.418. The van der Waals surface area contributed by atoms with E-state index in [4.69, 9.17) is 25.3 Å². The lowest BCUT2D eigenvalue weighted by atomic mass is 10.9. The highest BCUT2D eigenvalue weighted by molar-refractivity contribution is 3.89. The second kappa shape index (κ2) is 7.56. The molecule has 0 aromatic heterocycles. The molecule has 0 heterocycles. The van der Waals surface area contributed by atoms with E-state index in [0.29, 0.717) is 0 Å². The first-order chi connectivity index (χ1) is 4.54. The summed E-state index contributed by atoms with van der Waals surface area (Å²) < 4.78 is 0. The Bertz CT molecular complexity index is 100. The molecule has 0 radical (unpaired) electrons. The topological polar surface area (TPSA) is 116 Å². The number of hydrogen-bond donors (Lipinski definition) is 1. The number of aliphatic hydroxyl groups is 1. The van der Waals surface area contributed by atoms with Gasteiger partial charge in [0.25, 0.3) is 0 Å². The van der Waals surface area contributed by atoms with Gasteiger partial charge in [-0.1, -0.05) is 0 Å². The van der Waals surface area contributed by atoms with Crippen LogP contribution in [-0.2, 0) is 4.94 Å². The van der Waals surface area contributed by atoms with Crippen LogP contribution >= 0.6 is 0 Å². The second-order valence-electron chi connectivity index (χ2n) is 0.845. The first-order valence-corrected chi connectivity index (χ1v) is 2.12. The number of nitrogens with zero attached hydrogens (tertiary/aromatic N) is 2. The van der Waals surface area contributed by atoms with Gasteiger partial charge < -0.3 is 5.11 Å². The van der Waals surface area contributed by atoms with Gasteiger partial charge >= 0.3 is 10.2 Å². The first kappa shape index (κ1) is 11.4. The summed E-state index contributed by atoms with van der Waals surface area (Å²) in [6, 6.07) is 0. The fraction of sp³-hybridized carbons (Fsp3) is 1.00. The third kappa shape index (κ3) is 30.9. The monoisotopic (exact) mass is 154 g/mol. The molecule has 8 nitrogen and oxygen atoms in total. The lowest BCUT2D eigenvalue weighted by Crippen LogP contribution is -2.06. The molecule has 0 aromatic rings. The highest BCUT2D eigenvalue weighted by Gasteiger charge is 2.05. The van der Waals surface area contributed by atoms with Crippen LogP contribution in [0.15, 0.2) is 0 Å². The predicted octanol–water partition coefficient (Wildman–Crippen LogP) is -0.615. The maximum absolute atomic E-state index is 8.95. The summed E-state index contributed by atoms with van der Waals surface area (Å²) >= 11 is 0. The van der Waals surface area contributed by atoms with Crippen molar-refractivity contribution in [1.29, 1.82) is 0 Å². The van der Waals surface area contributed by atoms with Crippen molar-refractivity contribution in [2.24, 2.45) is 0 Å². The summed E-state index contributed by atoms with van der Waals surface area (Å²) in [5.74, 6) is 0. The average molecular weight is 154 g/mol. The molecule has 0 spiro atoms. The maximum atomic E-state index is 8.95. The van der Waals surface area contributed by atoms with Crippen molar-refractivity contribution in [2.75, 3.05) is 6.61 Å². The van der Waals surface area contributed by atoms with Gasteiger partial charge in [-0.3, -0.25) is 0 Å². The molecule has 60 valence electrons. The van der Waals surface area contributed by atoms with E-state index < -0.39 is 10.2 Å². The Kier molecular flexibility index (Phi) is 8.59. The van der Waals surface area contributed by atoms with Gasteiger partial charge in [-0.15, -0.1) is 20.2 Å². The molecule has 10 heavy (non-hydrogen) atoms. The summed E-state index contributed by atoms with van der Waals surface area (Å²) in [7, 11) is 0. The van der Waals surface area contributed by atoms with Gasteiger partial charge in [-0.05, 0) is 6.92 Å². The molecule has 1 N–H and O–H groups in total. The zero-order valence-corrected chi connectivity index (χ0v) is 5.09. The fourth-order valence-corrected chi connectivity index (χ4v) is 0.0544. The Morgan fingerprint density at radius 2 is 1.60 bits per heavy atom. The molecule has 0 bridgehead atoms. The van der Waals surface area contributed by atoms with Crippen molar-refractivity contribution in [2.45, 2.75) is 6.92 Å². The Hall–Kier alpha value is -1.44. The normalized spacial score (nSPS) is 7.00. The van der Waals surface area contributed by atoms with Crippen LogP contribution in [-0.4, -0.2) is 21.9 Å². The van der Waals surface area contributed by atoms with Crippen molar-refractivity contribution >= 4 is 0 Å². The van der Waals surface area contributed by atoms with Gasteiger partial charge in [-0.25, -0.2) is 0 Å². The molecule has 0 aliphatic rings. The molecule has 0 amide bonds. The fourth-order valence-electron chi connectivity index (χ4n) is 0.0544. The van der Waals surface area contributed by atoms with Crippen LogP contribution in [0.5, 0.6) is 0 Å². The molecule has 0 fully saturated rings. The zero-order valence-electron chi connectivity index (χ0n) is 5.09. The predicted molar refractivity (Wildman–Crippen MR) is 27.8 cm³/mol. The molecular weight excluding hydrogens is 148 g/mol. The van der Waals surface area contributed by atoms with Crippen LogP contribution in [0.25, 0.3) is 0 Å². The minimum atomic E-state index is -1.50. The van der Waals surface area contributed by atoms with Crippen molar-refractivity contribution < 1.29 is 20.2 Å². The first-order valence-electron chi connectivity index (χ1n) is 2.12. The highest BCUT2D eigenvalue weighted by atomic mass is 17.1. The summed E-state index contributed by atoms with van der Waals surface area (Å²) in [6.07, 6.45) is 0. The van der Waals surface area contributed by atoms with E-state index in [0.717, 1.165) is 0 Å². The van der Waals surface area contributed by atoms with Gasteiger partial charge in [0.1, 0.15) is 0 Å². The lowest BCUT2D eigenvalue weighted by Gasteiger charge is -1.71. The molecule has 0 aromatic carbocycles. The Morgan fingerprint density at radius 1 is 1.40 bits per heavy atom. The van der Waals surface area contributed by atoms with Gasteiger partial charge in [-0.2, -0.15) is 0 Å².